The summed E-state index contributed by atoms with van der Waals surface area (Å²) in [7, 11) is 0. The van der Waals surface area contributed by atoms with Gasteiger partial charge >= 0.3 is 0 Å². The molecule has 1 N–H and O–H groups in total. The summed E-state index contributed by atoms with van der Waals surface area (Å²) in [6.45, 7) is 2.21. The van der Waals surface area contributed by atoms with Gasteiger partial charge in [0.15, 0.2) is 0 Å². The fourth-order valence-corrected chi connectivity index (χ4v) is 4.73. The van der Waals surface area contributed by atoms with Gasteiger partial charge in [0.1, 0.15) is 17.5 Å². The van der Waals surface area contributed by atoms with Gasteiger partial charge in [-0.15, -0.1) is 11.3 Å². The maximum Gasteiger partial charge on any atom is 0.262 e. The van der Waals surface area contributed by atoms with Crippen molar-refractivity contribution in [2.24, 2.45) is 0 Å². The van der Waals surface area contributed by atoms with Crippen molar-refractivity contribution in [1.82, 2.24) is 24.3 Å². The lowest BCUT2D eigenvalue weighted by Gasteiger charge is -2.12. The highest BCUT2D eigenvalue weighted by molar-refractivity contribution is 7.17. The van der Waals surface area contributed by atoms with E-state index in [4.69, 9.17) is 11.6 Å². The van der Waals surface area contributed by atoms with E-state index in [2.05, 4.69) is 20.4 Å². The number of halogens is 1. The number of thiophene rings is 1. The predicted molar refractivity (Wildman–Crippen MR) is 134 cm³/mol. The van der Waals surface area contributed by atoms with Crippen LogP contribution in [-0.2, 0) is 11.3 Å². The highest BCUT2D eigenvalue weighted by Crippen LogP contribution is 2.30. The third-order valence-electron chi connectivity index (χ3n) is 5.40. The van der Waals surface area contributed by atoms with E-state index < -0.39 is 0 Å². The van der Waals surface area contributed by atoms with Crippen LogP contribution < -0.4 is 10.9 Å². The molecule has 10 heteroatoms. The van der Waals surface area contributed by atoms with Crippen LogP contribution in [0.4, 0.5) is 5.69 Å². The van der Waals surface area contributed by atoms with Gasteiger partial charge < -0.3 is 5.32 Å². The van der Waals surface area contributed by atoms with Gasteiger partial charge in [0.05, 0.1) is 23.1 Å². The van der Waals surface area contributed by atoms with E-state index in [1.54, 1.807) is 18.2 Å². The predicted octanol–water partition coefficient (Wildman–Crippen LogP) is 4.70. The molecule has 0 unspecified atom stereocenters. The maximum absolute atomic E-state index is 13.2. The van der Waals surface area contributed by atoms with Gasteiger partial charge in [0.25, 0.3) is 5.56 Å². The van der Waals surface area contributed by atoms with Gasteiger partial charge in [-0.05, 0) is 30.7 Å². The van der Waals surface area contributed by atoms with Crippen molar-refractivity contribution in [3.8, 4) is 16.8 Å². The summed E-state index contributed by atoms with van der Waals surface area (Å²) >= 11 is 7.56. The Hall–Kier alpha value is -3.82. The van der Waals surface area contributed by atoms with E-state index in [0.717, 1.165) is 16.7 Å². The minimum atomic E-state index is -0.264. The lowest BCUT2D eigenvalue weighted by molar-refractivity contribution is -0.116. The number of hydrogen-bond donors (Lipinski definition) is 1. The highest BCUT2D eigenvalue weighted by Gasteiger charge is 2.15. The zero-order valence-electron chi connectivity index (χ0n) is 18.1. The Balaban J connectivity index is 1.37. The number of hydrogen-bond acceptors (Lipinski definition) is 6. The number of aromatic nitrogens is 5. The minimum absolute atomic E-state index is 0.0837. The van der Waals surface area contributed by atoms with Crippen LogP contribution in [0.15, 0.2) is 71.6 Å². The third-order valence-corrected chi connectivity index (χ3v) is 6.52. The average Bonchev–Trinajstić information content (AvgIpc) is 3.50. The standard InChI is InChI=1S/C24H19ClN6O2S/c1-15-2-4-16(5-3-15)18-11-34-23-22(18)24(33)30(14-27-23)9-8-21(32)29-19-10-17(25)6-7-20(19)31-13-26-12-28-31/h2-7,10-14H,8-9H2,1H3,(H,29,32). The Bertz CT molecular complexity index is 1540. The summed E-state index contributed by atoms with van der Waals surface area (Å²) < 4.78 is 3.01. The monoisotopic (exact) mass is 490 g/mol. The van der Waals surface area contributed by atoms with Crippen molar-refractivity contribution in [2.75, 3.05) is 5.32 Å². The Morgan fingerprint density at radius 1 is 1.15 bits per heavy atom. The Morgan fingerprint density at radius 2 is 1.97 bits per heavy atom. The van der Waals surface area contributed by atoms with E-state index in [-0.39, 0.29) is 24.4 Å². The first-order valence-corrected chi connectivity index (χ1v) is 11.7. The van der Waals surface area contributed by atoms with Crippen LogP contribution in [0.5, 0.6) is 0 Å². The smallest absolute Gasteiger partial charge is 0.262 e. The molecule has 3 heterocycles. The molecule has 0 aliphatic heterocycles. The van der Waals surface area contributed by atoms with Crippen LogP contribution in [0.1, 0.15) is 12.0 Å². The molecule has 0 bridgehead atoms. The minimum Gasteiger partial charge on any atom is -0.324 e. The van der Waals surface area contributed by atoms with E-state index >= 15 is 0 Å². The van der Waals surface area contributed by atoms with Crippen LogP contribution in [0.25, 0.3) is 27.0 Å². The van der Waals surface area contributed by atoms with Gasteiger partial charge in [-0.25, -0.2) is 14.6 Å². The van der Waals surface area contributed by atoms with E-state index in [1.165, 1.54) is 39.6 Å². The summed E-state index contributed by atoms with van der Waals surface area (Å²) in [6.07, 6.45) is 4.52. The Kier molecular flexibility index (Phi) is 5.95. The topological polar surface area (TPSA) is 94.7 Å². The quantitative estimate of drug-likeness (QED) is 0.372. The van der Waals surface area contributed by atoms with Gasteiger partial charge in [-0.2, -0.15) is 5.10 Å². The van der Waals surface area contributed by atoms with Gasteiger partial charge in [0, 0.05) is 28.9 Å². The molecule has 5 rings (SSSR count). The van der Waals surface area contributed by atoms with Crippen LogP contribution in [0.2, 0.25) is 5.02 Å². The lowest BCUT2D eigenvalue weighted by Crippen LogP contribution is -2.23. The molecule has 170 valence electrons. The first-order chi connectivity index (χ1) is 16.5. The number of fused-ring (bicyclic) bond motifs is 1. The molecule has 5 aromatic rings. The molecule has 0 saturated carbocycles. The SMILES string of the molecule is Cc1ccc(-c2csc3ncn(CCC(=O)Nc4cc(Cl)ccc4-n4cncn4)c(=O)c23)cc1. The van der Waals surface area contributed by atoms with Crippen LogP contribution in [-0.4, -0.2) is 30.2 Å². The van der Waals surface area contributed by atoms with Crippen molar-refractivity contribution >= 4 is 44.7 Å². The van der Waals surface area contributed by atoms with Crippen molar-refractivity contribution in [3.63, 3.8) is 0 Å². The first-order valence-electron chi connectivity index (χ1n) is 10.5. The molecule has 2 aromatic carbocycles. The van der Waals surface area contributed by atoms with Gasteiger partial charge in [0.2, 0.25) is 5.91 Å². The fraction of sp³-hybridized carbons (Fsp3) is 0.125. The number of aryl methyl sites for hydroxylation is 2. The van der Waals surface area contributed by atoms with Crippen molar-refractivity contribution < 1.29 is 4.79 Å². The number of amides is 1. The number of rotatable bonds is 6. The summed E-state index contributed by atoms with van der Waals surface area (Å²) in [5.41, 5.74) is 3.94. The molecule has 1 amide bonds. The van der Waals surface area contributed by atoms with Gasteiger partial charge in [-0.1, -0.05) is 41.4 Å². The van der Waals surface area contributed by atoms with Crippen molar-refractivity contribution in [1.29, 1.82) is 0 Å². The molecular formula is C24H19ClN6O2S. The molecule has 0 radical (unpaired) electrons. The molecule has 0 saturated heterocycles. The number of nitrogens with zero attached hydrogens (tertiary/aromatic N) is 5. The number of benzene rings is 2. The molecule has 0 aliphatic rings. The molecule has 0 atom stereocenters. The molecule has 8 nitrogen and oxygen atoms in total. The van der Waals surface area contributed by atoms with Gasteiger partial charge in [-0.3, -0.25) is 14.2 Å². The zero-order valence-corrected chi connectivity index (χ0v) is 19.7. The van der Waals surface area contributed by atoms with Crippen LogP contribution in [0, 0.1) is 6.92 Å². The fourth-order valence-electron chi connectivity index (χ4n) is 3.65. The molecule has 3 aromatic heterocycles. The Morgan fingerprint density at radius 3 is 2.74 bits per heavy atom. The molecule has 0 aliphatic carbocycles. The normalized spacial score (nSPS) is 11.1. The van der Waals surface area contributed by atoms with E-state index in [0.29, 0.717) is 26.6 Å². The number of carbonyl (C=O) groups is 1. The zero-order chi connectivity index (χ0) is 23.7. The molecule has 34 heavy (non-hydrogen) atoms. The summed E-state index contributed by atoms with van der Waals surface area (Å²) in [5.74, 6) is -0.264. The summed E-state index contributed by atoms with van der Waals surface area (Å²) in [6, 6.07) is 13.1. The Labute approximate surface area is 203 Å². The number of nitrogens with one attached hydrogen (secondary N) is 1. The van der Waals surface area contributed by atoms with Crippen molar-refractivity contribution in [3.05, 3.63) is 87.8 Å². The second-order valence-corrected chi connectivity index (χ2v) is 9.03. The molecular weight excluding hydrogens is 472 g/mol. The largest absolute Gasteiger partial charge is 0.324 e. The average molecular weight is 491 g/mol. The lowest BCUT2D eigenvalue weighted by atomic mass is 10.1. The molecule has 0 fully saturated rings. The van der Waals surface area contributed by atoms with E-state index in [9.17, 15) is 9.59 Å². The second kappa shape index (κ2) is 9.20. The maximum atomic E-state index is 13.2. The number of carbonyl (C=O) groups excluding carboxylic acids is 1. The van der Waals surface area contributed by atoms with Crippen molar-refractivity contribution in [2.45, 2.75) is 19.9 Å². The first kappa shape index (κ1) is 22.0. The number of anilines is 1. The second-order valence-electron chi connectivity index (χ2n) is 7.74. The van der Waals surface area contributed by atoms with E-state index in [1.807, 2.05) is 36.6 Å². The van der Waals surface area contributed by atoms with Crippen LogP contribution >= 0.6 is 22.9 Å². The summed E-state index contributed by atoms with van der Waals surface area (Å²) in [4.78, 5) is 35.0. The highest BCUT2D eigenvalue weighted by atomic mass is 35.5. The summed E-state index contributed by atoms with van der Waals surface area (Å²) in [5, 5.41) is 9.97. The third kappa shape index (κ3) is 4.35. The van der Waals surface area contributed by atoms with Crippen LogP contribution in [0.3, 0.4) is 0 Å². The molecule has 0 spiro atoms.